The van der Waals surface area contributed by atoms with Gasteiger partial charge in [-0.3, -0.25) is 0 Å². The molecule has 104 valence electrons. The predicted octanol–water partition coefficient (Wildman–Crippen LogP) is 4.06. The second-order valence-corrected chi connectivity index (χ2v) is 6.47. The molecular formula is C15H16FN3S. The molecule has 0 aliphatic carbocycles. The van der Waals surface area contributed by atoms with E-state index in [9.17, 15) is 4.39 Å². The minimum atomic E-state index is -0.406. The number of aromatic nitrogens is 1. The van der Waals surface area contributed by atoms with E-state index in [0.29, 0.717) is 17.8 Å². The highest BCUT2D eigenvalue weighted by atomic mass is 32.1. The molecule has 3 nitrogen and oxygen atoms in total. The van der Waals surface area contributed by atoms with Gasteiger partial charge in [-0.1, -0.05) is 20.8 Å². The normalized spacial score (nSPS) is 11.2. The molecule has 20 heavy (non-hydrogen) atoms. The van der Waals surface area contributed by atoms with E-state index in [0.717, 1.165) is 10.7 Å². The molecule has 0 bridgehead atoms. The van der Waals surface area contributed by atoms with E-state index in [-0.39, 0.29) is 5.41 Å². The fraction of sp³-hybridized carbons (Fsp3) is 0.333. The Kier molecular flexibility index (Phi) is 4.05. The summed E-state index contributed by atoms with van der Waals surface area (Å²) in [4.78, 5) is 4.57. The van der Waals surface area contributed by atoms with Crippen LogP contribution in [0, 0.1) is 17.1 Å². The van der Waals surface area contributed by atoms with Crippen molar-refractivity contribution < 1.29 is 4.39 Å². The Morgan fingerprint density at radius 1 is 1.40 bits per heavy atom. The number of nitriles is 1. The molecule has 1 N–H and O–H groups in total. The Labute approximate surface area is 122 Å². The van der Waals surface area contributed by atoms with Crippen molar-refractivity contribution in [2.75, 3.05) is 5.32 Å². The van der Waals surface area contributed by atoms with Crippen LogP contribution in [-0.2, 0) is 12.0 Å². The van der Waals surface area contributed by atoms with Crippen molar-refractivity contribution in [2.24, 2.45) is 0 Å². The molecule has 5 heteroatoms. The Morgan fingerprint density at radius 3 is 2.75 bits per heavy atom. The van der Waals surface area contributed by atoms with Gasteiger partial charge in [-0.25, -0.2) is 9.37 Å². The summed E-state index contributed by atoms with van der Waals surface area (Å²) in [6.07, 6.45) is 0. The fourth-order valence-corrected chi connectivity index (χ4v) is 2.63. The maximum absolute atomic E-state index is 13.0. The van der Waals surface area contributed by atoms with Gasteiger partial charge in [-0.15, -0.1) is 11.3 Å². The van der Waals surface area contributed by atoms with Gasteiger partial charge in [0.25, 0.3) is 0 Å². The third-order valence-corrected chi connectivity index (χ3v) is 3.70. The molecule has 0 atom stereocenters. The van der Waals surface area contributed by atoms with Crippen molar-refractivity contribution in [3.8, 4) is 6.07 Å². The van der Waals surface area contributed by atoms with Gasteiger partial charge in [0, 0.05) is 10.8 Å². The molecule has 0 amide bonds. The minimum Gasteiger partial charge on any atom is -0.377 e. The molecule has 0 fully saturated rings. The van der Waals surface area contributed by atoms with Crippen LogP contribution >= 0.6 is 11.3 Å². The summed E-state index contributed by atoms with van der Waals surface area (Å²) in [5.74, 6) is -0.406. The summed E-state index contributed by atoms with van der Waals surface area (Å²) in [5.41, 5.74) is 2.01. The van der Waals surface area contributed by atoms with Gasteiger partial charge in [-0.05, 0) is 18.2 Å². The number of hydrogen-bond donors (Lipinski definition) is 1. The number of nitrogens with zero attached hydrogens (tertiary/aromatic N) is 2. The van der Waals surface area contributed by atoms with Crippen LogP contribution in [0.4, 0.5) is 10.1 Å². The van der Waals surface area contributed by atoms with Crippen molar-refractivity contribution in [3.63, 3.8) is 0 Å². The number of hydrogen-bond acceptors (Lipinski definition) is 4. The fourth-order valence-electron chi connectivity index (χ4n) is 1.67. The third kappa shape index (κ3) is 3.34. The highest BCUT2D eigenvalue weighted by Crippen LogP contribution is 2.24. The van der Waals surface area contributed by atoms with Crippen LogP contribution in [0.15, 0.2) is 23.6 Å². The molecule has 0 saturated heterocycles. The van der Waals surface area contributed by atoms with Gasteiger partial charge in [0.05, 0.1) is 23.5 Å². The first kappa shape index (κ1) is 14.5. The molecule has 0 saturated carbocycles. The van der Waals surface area contributed by atoms with E-state index in [1.165, 1.54) is 12.1 Å². The van der Waals surface area contributed by atoms with Gasteiger partial charge < -0.3 is 5.32 Å². The molecule has 0 unspecified atom stereocenters. The van der Waals surface area contributed by atoms with E-state index in [1.54, 1.807) is 17.4 Å². The van der Waals surface area contributed by atoms with Crippen LogP contribution in [0.3, 0.4) is 0 Å². The van der Waals surface area contributed by atoms with Gasteiger partial charge in [0.2, 0.25) is 0 Å². The van der Waals surface area contributed by atoms with Crippen molar-refractivity contribution in [3.05, 3.63) is 45.7 Å². The number of halogens is 1. The lowest BCUT2D eigenvalue weighted by atomic mass is 9.93. The minimum absolute atomic E-state index is 0.0302. The van der Waals surface area contributed by atoms with Crippen molar-refractivity contribution in [2.45, 2.75) is 32.7 Å². The van der Waals surface area contributed by atoms with Crippen LogP contribution in [0.25, 0.3) is 0 Å². The molecule has 1 aromatic heterocycles. The lowest BCUT2D eigenvalue weighted by Crippen LogP contribution is -2.12. The zero-order chi connectivity index (χ0) is 14.8. The van der Waals surface area contributed by atoms with Gasteiger partial charge >= 0.3 is 0 Å². The molecule has 0 radical (unpaired) electrons. The summed E-state index contributed by atoms with van der Waals surface area (Å²) >= 11 is 1.58. The highest BCUT2D eigenvalue weighted by molar-refractivity contribution is 7.09. The lowest BCUT2D eigenvalue weighted by molar-refractivity contribution is 0.571. The smallest absolute Gasteiger partial charge is 0.124 e. The van der Waals surface area contributed by atoms with Gasteiger partial charge in [0.1, 0.15) is 16.9 Å². The second kappa shape index (κ2) is 5.59. The van der Waals surface area contributed by atoms with Crippen LogP contribution in [0.2, 0.25) is 0 Å². The molecule has 2 aromatic rings. The summed E-state index contributed by atoms with van der Waals surface area (Å²) < 4.78 is 13.0. The molecule has 1 aromatic carbocycles. The molecule has 1 heterocycles. The zero-order valence-electron chi connectivity index (χ0n) is 11.7. The topological polar surface area (TPSA) is 48.7 Å². The monoisotopic (exact) mass is 289 g/mol. The number of nitrogens with one attached hydrogen (secondary N) is 1. The molecule has 0 aliphatic heterocycles. The van der Waals surface area contributed by atoms with Crippen LogP contribution in [0.1, 0.15) is 37.0 Å². The molecule has 0 aliphatic rings. The van der Waals surface area contributed by atoms with Gasteiger partial charge in [0.15, 0.2) is 0 Å². The maximum Gasteiger partial charge on any atom is 0.124 e. The molecular weight excluding hydrogens is 273 g/mol. The summed E-state index contributed by atoms with van der Waals surface area (Å²) in [6.45, 7) is 6.88. The van der Waals surface area contributed by atoms with Gasteiger partial charge in [-0.2, -0.15) is 5.26 Å². The van der Waals surface area contributed by atoms with Crippen LogP contribution < -0.4 is 5.32 Å². The number of rotatable bonds is 3. The predicted molar refractivity (Wildman–Crippen MR) is 79.3 cm³/mol. The Hall–Kier alpha value is -1.93. The average molecular weight is 289 g/mol. The summed E-state index contributed by atoms with van der Waals surface area (Å²) in [5, 5.41) is 15.1. The largest absolute Gasteiger partial charge is 0.377 e. The molecule has 2 rings (SSSR count). The Balaban J connectivity index is 2.10. The van der Waals surface area contributed by atoms with E-state index in [2.05, 4.69) is 31.1 Å². The first-order valence-corrected chi connectivity index (χ1v) is 7.16. The quantitative estimate of drug-likeness (QED) is 0.926. The van der Waals surface area contributed by atoms with E-state index < -0.39 is 5.82 Å². The number of benzene rings is 1. The van der Waals surface area contributed by atoms with Crippen LogP contribution in [0.5, 0.6) is 0 Å². The van der Waals surface area contributed by atoms with Crippen molar-refractivity contribution >= 4 is 17.0 Å². The summed E-state index contributed by atoms with van der Waals surface area (Å²) in [6, 6.07) is 6.12. The number of anilines is 1. The summed E-state index contributed by atoms with van der Waals surface area (Å²) in [7, 11) is 0. The molecule has 0 spiro atoms. The van der Waals surface area contributed by atoms with Crippen molar-refractivity contribution in [1.29, 1.82) is 5.26 Å². The Bertz CT molecular complexity index is 650. The Morgan fingerprint density at radius 2 is 2.15 bits per heavy atom. The highest BCUT2D eigenvalue weighted by Gasteiger charge is 2.17. The number of thiazole rings is 1. The maximum atomic E-state index is 13.0. The second-order valence-electron chi connectivity index (χ2n) is 5.53. The first-order valence-electron chi connectivity index (χ1n) is 6.28. The zero-order valence-corrected chi connectivity index (χ0v) is 12.5. The average Bonchev–Trinajstić information content (AvgIpc) is 2.86. The van der Waals surface area contributed by atoms with E-state index in [1.807, 2.05) is 11.4 Å². The SMILES string of the molecule is CC(C)(C)c1csc(CNc2ccc(F)cc2C#N)n1. The van der Waals surface area contributed by atoms with Crippen LogP contribution in [-0.4, -0.2) is 4.98 Å². The van der Waals surface area contributed by atoms with Crippen molar-refractivity contribution in [1.82, 2.24) is 4.98 Å². The third-order valence-electron chi connectivity index (χ3n) is 2.85. The first-order chi connectivity index (χ1) is 9.40. The lowest BCUT2D eigenvalue weighted by Gasteiger charge is -2.14. The standard InChI is InChI=1S/C15H16FN3S/c1-15(2,3)13-9-20-14(19-13)8-18-12-5-4-11(16)6-10(12)7-17/h4-6,9,18H,8H2,1-3H3. The van der Waals surface area contributed by atoms with E-state index in [4.69, 9.17) is 5.26 Å². The van der Waals surface area contributed by atoms with E-state index >= 15 is 0 Å².